The van der Waals surface area contributed by atoms with E-state index in [-0.39, 0.29) is 17.3 Å². The second kappa shape index (κ2) is 9.30. The third kappa shape index (κ3) is 4.83. The Hall–Kier alpha value is -3.72. The lowest BCUT2D eigenvalue weighted by Gasteiger charge is -2.40. The Balaban J connectivity index is 1.41. The molecule has 6 rings (SSSR count). The molecule has 4 aromatic rings. The van der Waals surface area contributed by atoms with Crippen LogP contribution in [0.4, 0.5) is 21.8 Å². The molecule has 9 heteroatoms. The van der Waals surface area contributed by atoms with Crippen molar-refractivity contribution >= 4 is 28.4 Å². The van der Waals surface area contributed by atoms with Crippen LogP contribution in [0.25, 0.3) is 22.3 Å². The molecule has 0 amide bonds. The Morgan fingerprint density at radius 2 is 1.89 bits per heavy atom. The van der Waals surface area contributed by atoms with Gasteiger partial charge in [-0.3, -0.25) is 4.98 Å². The Morgan fingerprint density at radius 1 is 1.03 bits per heavy atom. The SMILES string of the molecule is Cc1cnc(Nc2cc(-c3nc(NC4CCNCC4(C)C)c4c(C5CC5)cncc4n3)ccn2)c(F)c1. The van der Waals surface area contributed by atoms with E-state index in [1.54, 1.807) is 19.3 Å². The zero-order valence-corrected chi connectivity index (χ0v) is 21.3. The molecule has 3 N–H and O–H groups in total. The van der Waals surface area contributed by atoms with E-state index in [9.17, 15) is 4.39 Å². The number of nitrogens with zero attached hydrogens (tertiary/aromatic N) is 5. The lowest BCUT2D eigenvalue weighted by molar-refractivity contribution is 0.236. The minimum Gasteiger partial charge on any atom is -0.366 e. The molecule has 1 aliphatic heterocycles. The fourth-order valence-corrected chi connectivity index (χ4v) is 5.03. The number of nitrogens with one attached hydrogen (secondary N) is 3. The highest BCUT2D eigenvalue weighted by Crippen LogP contribution is 2.44. The smallest absolute Gasteiger partial charge is 0.167 e. The summed E-state index contributed by atoms with van der Waals surface area (Å²) in [6.07, 6.45) is 10.4. The molecule has 4 aromatic heterocycles. The summed E-state index contributed by atoms with van der Waals surface area (Å²) in [6, 6.07) is 5.39. The quantitative estimate of drug-likeness (QED) is 0.327. The van der Waals surface area contributed by atoms with Crippen LogP contribution in [0.1, 0.15) is 50.2 Å². The van der Waals surface area contributed by atoms with Gasteiger partial charge in [-0.15, -0.1) is 0 Å². The number of pyridine rings is 3. The van der Waals surface area contributed by atoms with E-state index < -0.39 is 5.82 Å². The van der Waals surface area contributed by atoms with E-state index in [2.05, 4.69) is 44.7 Å². The van der Waals surface area contributed by atoms with Crippen molar-refractivity contribution in [3.05, 3.63) is 59.9 Å². The van der Waals surface area contributed by atoms with Crippen LogP contribution in [0.15, 0.2) is 43.0 Å². The second-order valence-electron chi connectivity index (χ2n) is 10.8. The first-order valence-electron chi connectivity index (χ1n) is 12.9. The molecule has 0 radical (unpaired) electrons. The number of aromatic nitrogens is 5. The first kappa shape index (κ1) is 23.7. The number of fused-ring (bicyclic) bond motifs is 1. The molecule has 1 saturated heterocycles. The Morgan fingerprint density at radius 3 is 2.68 bits per heavy atom. The third-order valence-corrected chi connectivity index (χ3v) is 7.34. The lowest BCUT2D eigenvalue weighted by Crippen LogP contribution is -2.49. The van der Waals surface area contributed by atoms with Crippen molar-refractivity contribution < 1.29 is 4.39 Å². The van der Waals surface area contributed by atoms with E-state index >= 15 is 0 Å². The molecule has 0 aromatic carbocycles. The normalized spacial score (nSPS) is 19.1. The maximum absolute atomic E-state index is 14.4. The molecule has 8 nitrogen and oxygen atoms in total. The van der Waals surface area contributed by atoms with Crippen molar-refractivity contribution in [3.8, 4) is 11.4 Å². The average Bonchev–Trinajstić information content (AvgIpc) is 3.72. The minimum absolute atomic E-state index is 0.0708. The summed E-state index contributed by atoms with van der Waals surface area (Å²) in [5, 5.41) is 11.4. The van der Waals surface area contributed by atoms with Crippen LogP contribution in [-0.2, 0) is 0 Å². The van der Waals surface area contributed by atoms with Gasteiger partial charge in [-0.2, -0.15) is 0 Å². The van der Waals surface area contributed by atoms with Crippen molar-refractivity contribution in [1.29, 1.82) is 0 Å². The van der Waals surface area contributed by atoms with Crippen LogP contribution < -0.4 is 16.0 Å². The van der Waals surface area contributed by atoms with Gasteiger partial charge in [0.1, 0.15) is 11.6 Å². The lowest BCUT2D eigenvalue weighted by atomic mass is 9.80. The van der Waals surface area contributed by atoms with Gasteiger partial charge in [0.2, 0.25) is 0 Å². The van der Waals surface area contributed by atoms with Gasteiger partial charge in [0, 0.05) is 42.1 Å². The van der Waals surface area contributed by atoms with Gasteiger partial charge in [-0.05, 0) is 73.4 Å². The zero-order chi connectivity index (χ0) is 25.6. The molecule has 1 unspecified atom stereocenters. The Bertz CT molecular complexity index is 1470. The molecular weight excluding hydrogens is 467 g/mol. The molecule has 2 fully saturated rings. The maximum Gasteiger partial charge on any atom is 0.167 e. The molecule has 1 saturated carbocycles. The fourth-order valence-electron chi connectivity index (χ4n) is 5.03. The average molecular weight is 499 g/mol. The first-order chi connectivity index (χ1) is 17.9. The number of halogens is 1. The highest BCUT2D eigenvalue weighted by molar-refractivity contribution is 5.93. The van der Waals surface area contributed by atoms with Crippen molar-refractivity contribution in [1.82, 2.24) is 30.2 Å². The predicted octanol–water partition coefficient (Wildman–Crippen LogP) is 5.35. The van der Waals surface area contributed by atoms with Gasteiger partial charge >= 0.3 is 0 Å². The van der Waals surface area contributed by atoms with Crippen LogP contribution in [0.5, 0.6) is 0 Å². The molecule has 0 spiro atoms. The Kier molecular flexibility index (Phi) is 5.95. The highest BCUT2D eigenvalue weighted by atomic mass is 19.1. The number of hydrogen-bond acceptors (Lipinski definition) is 8. The topological polar surface area (TPSA) is 101 Å². The molecule has 2 aliphatic rings. The van der Waals surface area contributed by atoms with Crippen molar-refractivity contribution in [3.63, 3.8) is 0 Å². The van der Waals surface area contributed by atoms with Gasteiger partial charge < -0.3 is 16.0 Å². The van der Waals surface area contributed by atoms with E-state index in [4.69, 9.17) is 9.97 Å². The summed E-state index contributed by atoms with van der Waals surface area (Å²) in [4.78, 5) is 23.0. The molecular formula is C28H31FN8. The monoisotopic (exact) mass is 498 g/mol. The molecule has 1 aliphatic carbocycles. The van der Waals surface area contributed by atoms with E-state index in [1.807, 2.05) is 24.5 Å². The fraction of sp³-hybridized carbons (Fsp3) is 0.393. The van der Waals surface area contributed by atoms with Crippen molar-refractivity contribution in [2.45, 2.75) is 52.0 Å². The third-order valence-electron chi connectivity index (χ3n) is 7.34. The van der Waals surface area contributed by atoms with E-state index in [0.717, 1.165) is 47.4 Å². The summed E-state index contributed by atoms with van der Waals surface area (Å²) in [6.45, 7) is 8.28. The van der Waals surface area contributed by atoms with E-state index in [1.165, 1.54) is 24.5 Å². The van der Waals surface area contributed by atoms with Crippen LogP contribution in [0.2, 0.25) is 0 Å². The number of hydrogen-bond donors (Lipinski definition) is 3. The zero-order valence-electron chi connectivity index (χ0n) is 21.3. The summed E-state index contributed by atoms with van der Waals surface area (Å²) < 4.78 is 14.4. The molecule has 37 heavy (non-hydrogen) atoms. The van der Waals surface area contributed by atoms with Crippen molar-refractivity contribution in [2.75, 3.05) is 23.7 Å². The van der Waals surface area contributed by atoms with Crippen LogP contribution in [0.3, 0.4) is 0 Å². The molecule has 5 heterocycles. The Labute approximate surface area is 215 Å². The molecule has 190 valence electrons. The van der Waals surface area contributed by atoms with Crippen molar-refractivity contribution in [2.24, 2.45) is 5.41 Å². The van der Waals surface area contributed by atoms with Gasteiger partial charge in [0.15, 0.2) is 17.5 Å². The summed E-state index contributed by atoms with van der Waals surface area (Å²) in [5.41, 5.74) is 3.64. The van der Waals surface area contributed by atoms with Crippen LogP contribution >= 0.6 is 0 Å². The molecule has 0 bridgehead atoms. The standard InChI is InChI=1S/C28H31FN8/c1-16-10-20(29)26(33-12-16)36-23-11-18(6-9-32-23)25-34-21-14-31-13-19(17-4-5-17)24(21)27(37-25)35-22-7-8-30-15-28(22,2)3/h6,9-14,17,22,30H,4-5,7-8,15H2,1-3H3,(H,32,33,36)(H,34,35,37). The predicted molar refractivity (Wildman–Crippen MR) is 143 cm³/mol. The van der Waals surface area contributed by atoms with Gasteiger partial charge in [-0.1, -0.05) is 13.8 Å². The number of piperidine rings is 1. The number of aryl methyl sites for hydroxylation is 1. The number of rotatable bonds is 6. The second-order valence-corrected chi connectivity index (χ2v) is 10.8. The first-order valence-corrected chi connectivity index (χ1v) is 12.9. The van der Waals surface area contributed by atoms with Crippen LogP contribution in [0, 0.1) is 18.2 Å². The van der Waals surface area contributed by atoms with Gasteiger partial charge in [-0.25, -0.2) is 24.3 Å². The minimum atomic E-state index is -0.427. The van der Waals surface area contributed by atoms with Gasteiger partial charge in [0.25, 0.3) is 0 Å². The molecule has 1 atom stereocenters. The summed E-state index contributed by atoms with van der Waals surface area (Å²) >= 11 is 0. The van der Waals surface area contributed by atoms with Crippen LogP contribution in [-0.4, -0.2) is 44.1 Å². The summed E-state index contributed by atoms with van der Waals surface area (Å²) in [7, 11) is 0. The number of anilines is 3. The summed E-state index contributed by atoms with van der Waals surface area (Å²) in [5.74, 6) is 2.10. The maximum atomic E-state index is 14.4. The van der Waals surface area contributed by atoms with Gasteiger partial charge in [0.05, 0.1) is 11.7 Å². The highest BCUT2D eigenvalue weighted by Gasteiger charge is 2.34. The van der Waals surface area contributed by atoms with E-state index in [0.29, 0.717) is 17.6 Å². The largest absolute Gasteiger partial charge is 0.366 e.